The zero-order chi connectivity index (χ0) is 10.7. The van der Waals surface area contributed by atoms with E-state index in [0.717, 1.165) is 10.0 Å². The van der Waals surface area contributed by atoms with E-state index in [1.54, 1.807) is 6.07 Å². The van der Waals surface area contributed by atoms with Crippen molar-refractivity contribution >= 4 is 21.8 Å². The lowest BCUT2D eigenvalue weighted by molar-refractivity contribution is -0.117. The predicted octanol–water partition coefficient (Wildman–Crippen LogP) is 1.19. The predicted molar refractivity (Wildman–Crippen MR) is 56.1 cm³/mol. The highest BCUT2D eigenvalue weighted by atomic mass is 79.9. The summed E-state index contributed by atoms with van der Waals surface area (Å²) in [6, 6.07) is 1.80. The van der Waals surface area contributed by atoms with Crippen molar-refractivity contribution in [2.24, 2.45) is 5.73 Å². The molecule has 0 aliphatic heterocycles. The Morgan fingerprint density at radius 1 is 1.71 bits per heavy atom. The first kappa shape index (κ1) is 11.0. The summed E-state index contributed by atoms with van der Waals surface area (Å²) in [6.07, 6.45) is 0.129. The average molecular weight is 259 g/mol. The monoisotopic (exact) mass is 258 g/mol. The zero-order valence-corrected chi connectivity index (χ0v) is 9.59. The number of aryl methyl sites for hydroxylation is 1. The fourth-order valence-corrected chi connectivity index (χ4v) is 1.46. The summed E-state index contributed by atoms with van der Waals surface area (Å²) < 4.78 is 5.84. The number of halogens is 1. The van der Waals surface area contributed by atoms with Crippen LogP contribution in [0.1, 0.15) is 11.3 Å². The van der Waals surface area contributed by atoms with E-state index >= 15 is 0 Å². The van der Waals surface area contributed by atoms with Crippen LogP contribution in [0.2, 0.25) is 0 Å². The van der Waals surface area contributed by atoms with Crippen LogP contribution in [-0.4, -0.2) is 18.0 Å². The molecule has 0 fully saturated rings. The van der Waals surface area contributed by atoms with Gasteiger partial charge in [-0.1, -0.05) is 0 Å². The Labute approximate surface area is 90.6 Å². The second-order valence-corrected chi connectivity index (χ2v) is 3.69. The third-order valence-corrected chi connectivity index (χ3v) is 2.68. The van der Waals surface area contributed by atoms with E-state index < -0.39 is 5.91 Å². The lowest BCUT2D eigenvalue weighted by Crippen LogP contribution is -2.15. The van der Waals surface area contributed by atoms with Crippen molar-refractivity contribution < 1.29 is 9.53 Å². The molecule has 76 valence electrons. The third-order valence-electron chi connectivity index (χ3n) is 1.71. The molecule has 0 unspecified atom stereocenters. The van der Waals surface area contributed by atoms with Crippen molar-refractivity contribution in [3.63, 3.8) is 0 Å². The number of nitrogens with zero attached hydrogens (tertiary/aromatic N) is 1. The number of hydrogen-bond acceptors (Lipinski definition) is 3. The fourth-order valence-electron chi connectivity index (χ4n) is 1.10. The lowest BCUT2D eigenvalue weighted by atomic mass is 10.2. The molecule has 5 heteroatoms. The van der Waals surface area contributed by atoms with Crippen LogP contribution in [0, 0.1) is 6.92 Å². The fraction of sp³-hybridized carbons (Fsp3) is 0.333. The number of carbonyl (C=O) groups excluding carboxylic acids is 1. The topological polar surface area (TPSA) is 65.2 Å². The quantitative estimate of drug-likeness (QED) is 0.886. The summed E-state index contributed by atoms with van der Waals surface area (Å²) in [5.74, 6) is 0.0718. The SMILES string of the molecule is COc1nc(CC(N)=O)cc(C)c1Br. The van der Waals surface area contributed by atoms with Gasteiger partial charge in [0.05, 0.1) is 23.7 Å². The number of hydrogen-bond donors (Lipinski definition) is 1. The Kier molecular flexibility index (Phi) is 3.46. The number of rotatable bonds is 3. The molecule has 0 aliphatic rings. The van der Waals surface area contributed by atoms with Gasteiger partial charge in [-0.2, -0.15) is 0 Å². The molecule has 1 rings (SSSR count). The smallest absolute Gasteiger partial charge is 0.228 e. The lowest BCUT2D eigenvalue weighted by Gasteiger charge is -2.07. The maximum absolute atomic E-state index is 10.7. The van der Waals surface area contributed by atoms with E-state index in [-0.39, 0.29) is 6.42 Å². The molecule has 0 bridgehead atoms. The van der Waals surface area contributed by atoms with E-state index in [1.165, 1.54) is 7.11 Å². The van der Waals surface area contributed by atoms with Crippen LogP contribution in [0.4, 0.5) is 0 Å². The maximum Gasteiger partial charge on any atom is 0.228 e. The molecule has 0 saturated carbocycles. The Morgan fingerprint density at radius 3 is 2.86 bits per heavy atom. The van der Waals surface area contributed by atoms with Gasteiger partial charge in [-0.25, -0.2) is 4.98 Å². The van der Waals surface area contributed by atoms with Gasteiger partial charge in [0.15, 0.2) is 0 Å². The molecule has 1 aromatic heterocycles. The number of amides is 1. The number of nitrogens with two attached hydrogens (primary N) is 1. The number of pyridine rings is 1. The molecular formula is C9H11BrN2O2. The maximum atomic E-state index is 10.7. The minimum atomic E-state index is -0.402. The molecule has 4 nitrogen and oxygen atoms in total. The highest BCUT2D eigenvalue weighted by molar-refractivity contribution is 9.10. The van der Waals surface area contributed by atoms with Crippen molar-refractivity contribution in [2.75, 3.05) is 7.11 Å². The van der Waals surface area contributed by atoms with Gasteiger partial charge in [-0.05, 0) is 34.5 Å². The molecule has 14 heavy (non-hydrogen) atoms. The van der Waals surface area contributed by atoms with Crippen LogP contribution in [-0.2, 0) is 11.2 Å². The number of primary amides is 1. The zero-order valence-electron chi connectivity index (χ0n) is 8.00. The van der Waals surface area contributed by atoms with Crippen LogP contribution in [0.15, 0.2) is 10.5 Å². The van der Waals surface area contributed by atoms with E-state index in [0.29, 0.717) is 11.6 Å². The van der Waals surface area contributed by atoms with Crippen molar-refractivity contribution in [3.05, 3.63) is 21.8 Å². The Morgan fingerprint density at radius 2 is 2.36 bits per heavy atom. The van der Waals surface area contributed by atoms with Crippen molar-refractivity contribution in [1.29, 1.82) is 0 Å². The van der Waals surface area contributed by atoms with Crippen molar-refractivity contribution in [3.8, 4) is 5.88 Å². The van der Waals surface area contributed by atoms with Crippen LogP contribution in [0.25, 0.3) is 0 Å². The third kappa shape index (κ3) is 2.45. The Bertz CT molecular complexity index is 366. The Hall–Kier alpha value is -1.10. The van der Waals surface area contributed by atoms with Crippen molar-refractivity contribution in [2.45, 2.75) is 13.3 Å². The first-order chi connectivity index (χ1) is 6.54. The summed E-state index contributed by atoms with van der Waals surface area (Å²) in [6.45, 7) is 1.90. The van der Waals surface area contributed by atoms with Gasteiger partial charge in [0.25, 0.3) is 0 Å². The first-order valence-corrected chi connectivity index (χ1v) is 4.82. The van der Waals surface area contributed by atoms with E-state index in [2.05, 4.69) is 20.9 Å². The summed E-state index contributed by atoms with van der Waals surface area (Å²) in [7, 11) is 1.53. The average Bonchev–Trinajstić information content (AvgIpc) is 2.10. The largest absolute Gasteiger partial charge is 0.480 e. The number of ether oxygens (including phenoxy) is 1. The standard InChI is InChI=1S/C9H11BrN2O2/c1-5-3-6(4-7(11)13)12-9(14-2)8(5)10/h3H,4H2,1-2H3,(H2,11,13). The normalized spacial score (nSPS) is 9.93. The summed E-state index contributed by atoms with van der Waals surface area (Å²) in [4.78, 5) is 14.8. The van der Waals surface area contributed by atoms with E-state index in [9.17, 15) is 4.79 Å². The summed E-state index contributed by atoms with van der Waals surface area (Å²) in [5, 5.41) is 0. The van der Waals surface area contributed by atoms with Gasteiger partial charge in [0.1, 0.15) is 0 Å². The van der Waals surface area contributed by atoms with Crippen LogP contribution >= 0.6 is 15.9 Å². The second-order valence-electron chi connectivity index (χ2n) is 2.90. The molecule has 0 aliphatic carbocycles. The molecule has 0 saturated heterocycles. The molecule has 0 atom stereocenters. The molecule has 1 heterocycles. The number of aromatic nitrogens is 1. The molecule has 0 radical (unpaired) electrons. The molecule has 1 aromatic rings. The van der Waals surface area contributed by atoms with Gasteiger partial charge in [0, 0.05) is 0 Å². The molecule has 0 aromatic carbocycles. The van der Waals surface area contributed by atoms with Crippen LogP contribution in [0.5, 0.6) is 5.88 Å². The number of methoxy groups -OCH3 is 1. The summed E-state index contributed by atoms with van der Waals surface area (Å²) in [5.41, 5.74) is 6.66. The highest BCUT2D eigenvalue weighted by Gasteiger charge is 2.09. The van der Waals surface area contributed by atoms with Gasteiger partial charge in [-0.15, -0.1) is 0 Å². The number of carbonyl (C=O) groups is 1. The van der Waals surface area contributed by atoms with Crippen LogP contribution < -0.4 is 10.5 Å². The van der Waals surface area contributed by atoms with E-state index in [4.69, 9.17) is 10.5 Å². The molecular weight excluding hydrogens is 248 g/mol. The van der Waals surface area contributed by atoms with Crippen molar-refractivity contribution in [1.82, 2.24) is 4.98 Å². The second kappa shape index (κ2) is 4.41. The minimum absolute atomic E-state index is 0.129. The minimum Gasteiger partial charge on any atom is -0.480 e. The van der Waals surface area contributed by atoms with Gasteiger partial charge in [-0.3, -0.25) is 4.79 Å². The first-order valence-electron chi connectivity index (χ1n) is 4.03. The van der Waals surface area contributed by atoms with Gasteiger partial charge < -0.3 is 10.5 Å². The van der Waals surface area contributed by atoms with Crippen LogP contribution in [0.3, 0.4) is 0 Å². The Balaban J connectivity index is 3.09. The summed E-state index contributed by atoms with van der Waals surface area (Å²) >= 11 is 3.34. The molecule has 2 N–H and O–H groups in total. The van der Waals surface area contributed by atoms with Gasteiger partial charge >= 0.3 is 0 Å². The van der Waals surface area contributed by atoms with E-state index in [1.807, 2.05) is 6.92 Å². The molecule has 0 spiro atoms. The highest BCUT2D eigenvalue weighted by Crippen LogP contribution is 2.26. The molecule has 1 amide bonds. The van der Waals surface area contributed by atoms with Gasteiger partial charge in [0.2, 0.25) is 11.8 Å².